The average molecular weight is 227 g/mol. The minimum Gasteiger partial charge on any atom is -0.329 e. The van der Waals surface area contributed by atoms with Gasteiger partial charge in [-0.2, -0.15) is 0 Å². The van der Waals surface area contributed by atoms with Crippen molar-refractivity contribution in [3.63, 3.8) is 0 Å². The molecule has 1 fully saturated rings. The zero-order valence-corrected chi connectivity index (χ0v) is 11.3. The van der Waals surface area contributed by atoms with E-state index in [1.54, 1.807) is 0 Å². The predicted molar refractivity (Wildman–Crippen MR) is 70.6 cm³/mol. The highest BCUT2D eigenvalue weighted by atomic mass is 15.1. The van der Waals surface area contributed by atoms with Gasteiger partial charge in [0.1, 0.15) is 0 Å². The Kier molecular flexibility index (Phi) is 5.73. The Bertz CT molecular complexity index is 188. The minimum atomic E-state index is 0.161. The van der Waals surface area contributed by atoms with Crippen LogP contribution in [0.4, 0.5) is 0 Å². The highest BCUT2D eigenvalue weighted by Gasteiger charge is 2.31. The molecule has 0 bridgehead atoms. The molecule has 1 saturated carbocycles. The summed E-state index contributed by atoms with van der Waals surface area (Å²) in [5, 5.41) is 3.65. The Morgan fingerprint density at radius 2 is 1.94 bits per heavy atom. The van der Waals surface area contributed by atoms with E-state index < -0.39 is 0 Å². The van der Waals surface area contributed by atoms with Gasteiger partial charge in [0.15, 0.2) is 0 Å². The molecule has 1 aliphatic carbocycles. The van der Waals surface area contributed by atoms with Crippen molar-refractivity contribution in [2.24, 2.45) is 11.7 Å². The van der Waals surface area contributed by atoms with Crippen LogP contribution in [0.2, 0.25) is 0 Å². The molecular formula is C13H29N3. The fourth-order valence-corrected chi connectivity index (χ4v) is 2.24. The van der Waals surface area contributed by atoms with Gasteiger partial charge >= 0.3 is 0 Å². The number of likely N-dealkylation sites (N-methyl/N-ethyl adjacent to an activating group) is 1. The lowest BCUT2D eigenvalue weighted by atomic mass is 9.95. The largest absolute Gasteiger partial charge is 0.329 e. The van der Waals surface area contributed by atoms with Crippen molar-refractivity contribution >= 4 is 0 Å². The zero-order valence-electron chi connectivity index (χ0n) is 11.3. The first-order valence-corrected chi connectivity index (χ1v) is 6.81. The van der Waals surface area contributed by atoms with Crippen LogP contribution in [0.5, 0.6) is 0 Å². The van der Waals surface area contributed by atoms with Crippen LogP contribution in [0.15, 0.2) is 0 Å². The van der Waals surface area contributed by atoms with Crippen LogP contribution in [0, 0.1) is 5.92 Å². The Balaban J connectivity index is 2.21. The first-order valence-electron chi connectivity index (χ1n) is 6.81. The second-order valence-corrected chi connectivity index (χ2v) is 5.37. The van der Waals surface area contributed by atoms with Gasteiger partial charge in [-0.3, -0.25) is 0 Å². The lowest BCUT2D eigenvalue weighted by molar-refractivity contribution is 0.264. The number of hydrogen-bond acceptors (Lipinski definition) is 3. The summed E-state index contributed by atoms with van der Waals surface area (Å²) in [6.45, 7) is 11.9. The van der Waals surface area contributed by atoms with Crippen LogP contribution in [0.25, 0.3) is 0 Å². The molecule has 0 aliphatic heterocycles. The molecule has 3 heteroatoms. The van der Waals surface area contributed by atoms with E-state index in [9.17, 15) is 0 Å². The third-order valence-corrected chi connectivity index (χ3v) is 3.76. The Morgan fingerprint density at radius 3 is 2.38 bits per heavy atom. The second kappa shape index (κ2) is 6.58. The maximum absolute atomic E-state index is 5.89. The summed E-state index contributed by atoms with van der Waals surface area (Å²) in [6.07, 6.45) is 4.07. The molecule has 1 unspecified atom stereocenters. The number of nitrogens with zero attached hydrogens (tertiary/aromatic N) is 1. The summed E-state index contributed by atoms with van der Waals surface area (Å²) >= 11 is 0. The van der Waals surface area contributed by atoms with E-state index in [-0.39, 0.29) is 5.54 Å². The number of nitrogens with two attached hydrogens (primary N) is 1. The quantitative estimate of drug-likeness (QED) is 0.626. The van der Waals surface area contributed by atoms with E-state index >= 15 is 0 Å². The normalized spacial score (nSPS) is 20.1. The first kappa shape index (κ1) is 13.9. The first-order chi connectivity index (χ1) is 7.63. The van der Waals surface area contributed by atoms with Crippen molar-refractivity contribution in [3.8, 4) is 0 Å². The van der Waals surface area contributed by atoms with Gasteiger partial charge in [0, 0.05) is 25.2 Å². The van der Waals surface area contributed by atoms with Crippen molar-refractivity contribution in [1.82, 2.24) is 10.2 Å². The maximum atomic E-state index is 5.89. The molecule has 1 aliphatic rings. The van der Waals surface area contributed by atoms with Gasteiger partial charge < -0.3 is 16.0 Å². The lowest BCUT2D eigenvalue weighted by Gasteiger charge is -2.31. The van der Waals surface area contributed by atoms with Gasteiger partial charge in [0.2, 0.25) is 0 Å². The number of hydrogen-bond donors (Lipinski definition) is 2. The van der Waals surface area contributed by atoms with Crippen molar-refractivity contribution < 1.29 is 0 Å². The van der Waals surface area contributed by atoms with E-state index in [1.807, 2.05) is 0 Å². The number of rotatable bonds is 9. The van der Waals surface area contributed by atoms with Crippen molar-refractivity contribution in [2.45, 2.75) is 45.6 Å². The topological polar surface area (TPSA) is 41.3 Å². The molecule has 0 saturated heterocycles. The van der Waals surface area contributed by atoms with Crippen LogP contribution >= 0.6 is 0 Å². The zero-order chi connectivity index (χ0) is 12.0. The molecule has 0 spiro atoms. The Morgan fingerprint density at radius 1 is 1.31 bits per heavy atom. The van der Waals surface area contributed by atoms with E-state index in [0.29, 0.717) is 0 Å². The third kappa shape index (κ3) is 4.81. The third-order valence-electron chi connectivity index (χ3n) is 3.76. The minimum absolute atomic E-state index is 0.161. The fourth-order valence-electron chi connectivity index (χ4n) is 2.24. The highest BCUT2D eigenvalue weighted by molar-refractivity contribution is 4.91. The molecule has 0 aromatic heterocycles. The summed E-state index contributed by atoms with van der Waals surface area (Å²) in [5.41, 5.74) is 6.05. The van der Waals surface area contributed by atoms with Gasteiger partial charge in [-0.05, 0) is 32.4 Å². The predicted octanol–water partition coefficient (Wildman–Crippen LogP) is 1.44. The van der Waals surface area contributed by atoms with Crippen LogP contribution < -0.4 is 11.1 Å². The molecule has 3 nitrogen and oxygen atoms in total. The van der Waals surface area contributed by atoms with E-state index in [4.69, 9.17) is 5.73 Å². The highest BCUT2D eigenvalue weighted by Crippen LogP contribution is 2.36. The lowest BCUT2D eigenvalue weighted by Crippen LogP contribution is -2.51. The molecule has 0 aromatic carbocycles. The maximum Gasteiger partial charge on any atom is 0.0278 e. The Labute approximate surface area is 101 Å². The molecule has 0 amide bonds. The van der Waals surface area contributed by atoms with Gasteiger partial charge in [0.05, 0.1) is 0 Å². The molecule has 1 atom stereocenters. The standard InChI is InChI=1S/C13H29N3/c1-4-16(5-2)9-8-15-13(3,11-14)10-12-6-7-12/h12,15H,4-11,14H2,1-3H3. The molecular weight excluding hydrogens is 198 g/mol. The molecule has 16 heavy (non-hydrogen) atoms. The van der Waals surface area contributed by atoms with Gasteiger partial charge in [-0.15, -0.1) is 0 Å². The fraction of sp³-hybridized carbons (Fsp3) is 1.00. The van der Waals surface area contributed by atoms with Crippen LogP contribution in [0.3, 0.4) is 0 Å². The van der Waals surface area contributed by atoms with Gasteiger partial charge in [-0.1, -0.05) is 26.7 Å². The summed E-state index contributed by atoms with van der Waals surface area (Å²) < 4.78 is 0. The molecule has 0 aromatic rings. The second-order valence-electron chi connectivity index (χ2n) is 5.37. The smallest absolute Gasteiger partial charge is 0.0278 e. The van der Waals surface area contributed by atoms with E-state index in [2.05, 4.69) is 31.0 Å². The summed E-state index contributed by atoms with van der Waals surface area (Å²) in [4.78, 5) is 2.45. The molecule has 96 valence electrons. The molecule has 1 rings (SSSR count). The van der Waals surface area contributed by atoms with Crippen LogP contribution in [-0.4, -0.2) is 43.2 Å². The molecule has 3 N–H and O–H groups in total. The monoisotopic (exact) mass is 227 g/mol. The average Bonchev–Trinajstić information content (AvgIpc) is 3.08. The van der Waals surface area contributed by atoms with Crippen molar-refractivity contribution in [3.05, 3.63) is 0 Å². The number of nitrogens with one attached hydrogen (secondary N) is 1. The van der Waals surface area contributed by atoms with Crippen LogP contribution in [0.1, 0.15) is 40.0 Å². The summed E-state index contributed by atoms with van der Waals surface area (Å²) in [7, 11) is 0. The molecule has 0 radical (unpaired) electrons. The van der Waals surface area contributed by atoms with E-state index in [1.165, 1.54) is 19.3 Å². The van der Waals surface area contributed by atoms with Crippen LogP contribution in [-0.2, 0) is 0 Å². The summed E-state index contributed by atoms with van der Waals surface area (Å²) in [5.74, 6) is 0.939. The van der Waals surface area contributed by atoms with E-state index in [0.717, 1.165) is 38.6 Å². The summed E-state index contributed by atoms with van der Waals surface area (Å²) in [6, 6.07) is 0. The SMILES string of the molecule is CCN(CC)CCNC(C)(CN)CC1CC1. The van der Waals surface area contributed by atoms with Gasteiger partial charge in [0.25, 0.3) is 0 Å². The molecule has 0 heterocycles. The van der Waals surface area contributed by atoms with Crippen molar-refractivity contribution in [2.75, 3.05) is 32.7 Å². The Hall–Kier alpha value is -0.120. The van der Waals surface area contributed by atoms with Gasteiger partial charge in [-0.25, -0.2) is 0 Å². The van der Waals surface area contributed by atoms with Crippen molar-refractivity contribution in [1.29, 1.82) is 0 Å².